The van der Waals surface area contributed by atoms with Gasteiger partial charge in [-0.2, -0.15) is 0 Å². The van der Waals surface area contributed by atoms with Crippen LogP contribution in [0, 0.1) is 11.3 Å². The lowest BCUT2D eigenvalue weighted by atomic mass is 9.76. The molecule has 0 saturated heterocycles. The van der Waals surface area contributed by atoms with Crippen molar-refractivity contribution in [3.8, 4) is 10.4 Å². The Kier molecular flexibility index (Phi) is 5.83. The fourth-order valence-corrected chi connectivity index (χ4v) is 6.39. The van der Waals surface area contributed by atoms with Crippen molar-refractivity contribution in [2.45, 2.75) is 65.3 Å². The lowest BCUT2D eigenvalue weighted by Crippen LogP contribution is -2.34. The lowest BCUT2D eigenvalue weighted by Gasteiger charge is -2.29. The van der Waals surface area contributed by atoms with Gasteiger partial charge in [0.05, 0.1) is 5.56 Å². The van der Waals surface area contributed by atoms with E-state index in [1.54, 1.807) is 11.3 Å². The topological polar surface area (TPSA) is 66.6 Å². The molecule has 4 nitrogen and oxygen atoms in total. The van der Waals surface area contributed by atoms with E-state index in [1.165, 1.54) is 30.6 Å². The summed E-state index contributed by atoms with van der Waals surface area (Å²) in [4.78, 5) is 14.4. The Morgan fingerprint density at radius 1 is 1.28 bits per heavy atom. The van der Waals surface area contributed by atoms with Gasteiger partial charge in [-0.3, -0.25) is 5.84 Å². The van der Waals surface area contributed by atoms with Crippen LogP contribution in [0.15, 0.2) is 24.3 Å². The van der Waals surface area contributed by atoms with Crippen LogP contribution in [0.3, 0.4) is 0 Å². The van der Waals surface area contributed by atoms with Gasteiger partial charge in [-0.15, -0.1) is 11.3 Å². The summed E-state index contributed by atoms with van der Waals surface area (Å²) in [5.74, 6) is 6.27. The first-order valence-corrected chi connectivity index (χ1v) is 11.6. The van der Waals surface area contributed by atoms with E-state index in [4.69, 9.17) is 5.84 Å². The van der Waals surface area contributed by atoms with Gasteiger partial charge in [0.25, 0.3) is 0 Å². The molecule has 0 aliphatic heterocycles. The maximum Gasteiger partial charge on any atom is 0.337 e. The van der Waals surface area contributed by atoms with Gasteiger partial charge in [-0.05, 0) is 60.1 Å². The average molecular weight is 413 g/mol. The van der Waals surface area contributed by atoms with E-state index < -0.39 is 5.97 Å². The Balaban J connectivity index is 1.67. The summed E-state index contributed by atoms with van der Waals surface area (Å²) in [7, 11) is 0. The van der Waals surface area contributed by atoms with E-state index in [-0.39, 0.29) is 5.41 Å². The monoisotopic (exact) mass is 412 g/mol. The molecule has 0 amide bonds. The first-order chi connectivity index (χ1) is 13.8. The van der Waals surface area contributed by atoms with Crippen LogP contribution in [0.5, 0.6) is 0 Å². The van der Waals surface area contributed by atoms with Gasteiger partial charge in [-0.25, -0.2) is 9.80 Å². The van der Waals surface area contributed by atoms with E-state index in [0.717, 1.165) is 47.4 Å². The van der Waals surface area contributed by atoms with Crippen LogP contribution in [0.2, 0.25) is 0 Å². The molecule has 0 radical (unpaired) electrons. The number of rotatable bonds is 6. The summed E-state index contributed by atoms with van der Waals surface area (Å²) < 4.78 is 0. The second-order valence-electron chi connectivity index (χ2n) is 9.59. The molecule has 0 bridgehead atoms. The van der Waals surface area contributed by atoms with Gasteiger partial charge in [0.1, 0.15) is 0 Å². The molecule has 4 rings (SSSR count). The number of carbonyl (C=O) groups is 1. The molecular weight excluding hydrogens is 380 g/mol. The fourth-order valence-electron chi connectivity index (χ4n) is 5.02. The highest BCUT2D eigenvalue weighted by Gasteiger charge is 2.33. The predicted octanol–water partition coefficient (Wildman–Crippen LogP) is 5.49. The highest BCUT2D eigenvalue weighted by molar-refractivity contribution is 7.16. The SMILES string of the molecule is CC1(C)CCc2sc(-c3ccccc3CN(N)CC3CCCC3)c(C(=O)O)c2C1. The molecule has 29 heavy (non-hydrogen) atoms. The molecule has 0 atom stereocenters. The van der Waals surface area contributed by atoms with Gasteiger partial charge in [0, 0.05) is 22.8 Å². The summed E-state index contributed by atoms with van der Waals surface area (Å²) in [6, 6.07) is 8.19. The van der Waals surface area contributed by atoms with Crippen LogP contribution in [0.4, 0.5) is 0 Å². The first kappa shape index (κ1) is 20.6. The summed E-state index contributed by atoms with van der Waals surface area (Å²) >= 11 is 1.68. The van der Waals surface area contributed by atoms with Gasteiger partial charge in [-0.1, -0.05) is 51.0 Å². The number of aromatic carboxylic acids is 1. The number of benzene rings is 1. The Bertz CT molecular complexity index is 896. The third-order valence-electron chi connectivity index (χ3n) is 6.59. The number of thiophene rings is 1. The number of hydrazine groups is 1. The second-order valence-corrected chi connectivity index (χ2v) is 10.7. The maximum absolute atomic E-state index is 12.3. The minimum absolute atomic E-state index is 0.157. The van der Waals surface area contributed by atoms with Crippen LogP contribution in [0.1, 0.15) is 72.3 Å². The minimum Gasteiger partial charge on any atom is -0.478 e. The van der Waals surface area contributed by atoms with E-state index in [0.29, 0.717) is 18.0 Å². The van der Waals surface area contributed by atoms with Crippen molar-refractivity contribution in [3.05, 3.63) is 45.8 Å². The Morgan fingerprint density at radius 2 is 2.00 bits per heavy atom. The van der Waals surface area contributed by atoms with Crippen molar-refractivity contribution < 1.29 is 9.90 Å². The van der Waals surface area contributed by atoms with Crippen LogP contribution < -0.4 is 5.84 Å². The number of nitrogens with two attached hydrogens (primary N) is 1. The number of carboxylic acids is 1. The van der Waals surface area contributed by atoms with E-state index in [2.05, 4.69) is 26.0 Å². The molecule has 1 aromatic heterocycles. The van der Waals surface area contributed by atoms with E-state index in [9.17, 15) is 9.90 Å². The Morgan fingerprint density at radius 3 is 2.72 bits per heavy atom. The van der Waals surface area contributed by atoms with Crippen LogP contribution in [-0.2, 0) is 19.4 Å². The first-order valence-electron chi connectivity index (χ1n) is 10.8. The van der Waals surface area contributed by atoms with Crippen molar-refractivity contribution in [1.82, 2.24) is 5.01 Å². The molecule has 0 unspecified atom stereocenters. The standard InChI is InChI=1S/C24H32N2O2S/c1-24(2)12-11-20-19(13-24)21(23(27)28)22(29-20)18-10-6-5-9-17(18)15-26(25)14-16-7-3-4-8-16/h5-6,9-10,16H,3-4,7-8,11-15,25H2,1-2H3,(H,27,28). The zero-order valence-electron chi connectivity index (χ0n) is 17.5. The molecule has 1 fully saturated rings. The van der Waals surface area contributed by atoms with E-state index in [1.807, 2.05) is 17.1 Å². The molecular formula is C24H32N2O2S. The number of fused-ring (bicyclic) bond motifs is 1. The zero-order valence-corrected chi connectivity index (χ0v) is 18.4. The predicted molar refractivity (Wildman–Crippen MR) is 119 cm³/mol. The van der Waals surface area contributed by atoms with E-state index >= 15 is 0 Å². The molecule has 0 spiro atoms. The largest absolute Gasteiger partial charge is 0.478 e. The zero-order chi connectivity index (χ0) is 20.6. The van der Waals surface area contributed by atoms with Crippen molar-refractivity contribution >= 4 is 17.3 Å². The molecule has 1 aromatic carbocycles. The summed E-state index contributed by atoms with van der Waals surface area (Å²) in [5.41, 5.74) is 3.88. The second kappa shape index (κ2) is 8.21. The Labute approximate surface area is 177 Å². The van der Waals surface area contributed by atoms with Crippen molar-refractivity contribution in [2.75, 3.05) is 6.54 Å². The van der Waals surface area contributed by atoms with Crippen LogP contribution in [0.25, 0.3) is 10.4 Å². The van der Waals surface area contributed by atoms with Crippen LogP contribution >= 0.6 is 11.3 Å². The van der Waals surface area contributed by atoms with Gasteiger partial charge < -0.3 is 5.11 Å². The molecule has 5 heteroatoms. The van der Waals surface area contributed by atoms with Crippen molar-refractivity contribution in [3.63, 3.8) is 0 Å². The molecule has 2 aliphatic carbocycles. The number of hydrogen-bond acceptors (Lipinski definition) is 4. The molecule has 3 N–H and O–H groups in total. The highest BCUT2D eigenvalue weighted by Crippen LogP contribution is 2.45. The van der Waals surface area contributed by atoms with Gasteiger partial charge in [0.2, 0.25) is 0 Å². The fraction of sp³-hybridized carbons (Fsp3) is 0.542. The normalized spacial score (nSPS) is 18.9. The molecule has 2 aromatic rings. The average Bonchev–Trinajstić information content (AvgIpc) is 3.28. The number of hydrogen-bond donors (Lipinski definition) is 2. The molecule has 1 saturated carbocycles. The highest BCUT2D eigenvalue weighted by atomic mass is 32.1. The van der Waals surface area contributed by atoms with Crippen LogP contribution in [-0.4, -0.2) is 22.6 Å². The quantitative estimate of drug-likeness (QED) is 0.486. The van der Waals surface area contributed by atoms with Gasteiger partial charge in [0.15, 0.2) is 0 Å². The summed E-state index contributed by atoms with van der Waals surface area (Å²) in [6.45, 7) is 6.04. The van der Waals surface area contributed by atoms with Crippen molar-refractivity contribution in [2.24, 2.45) is 17.2 Å². The molecule has 156 valence electrons. The minimum atomic E-state index is -0.805. The van der Waals surface area contributed by atoms with Crippen molar-refractivity contribution in [1.29, 1.82) is 0 Å². The third kappa shape index (κ3) is 4.42. The molecule has 1 heterocycles. The van der Waals surface area contributed by atoms with Gasteiger partial charge >= 0.3 is 5.97 Å². The third-order valence-corrected chi connectivity index (χ3v) is 7.92. The number of nitrogens with zero attached hydrogens (tertiary/aromatic N) is 1. The summed E-state index contributed by atoms with van der Waals surface area (Å²) in [6.07, 6.45) is 8.09. The molecule has 2 aliphatic rings. The number of aryl methyl sites for hydroxylation is 1. The maximum atomic E-state index is 12.3. The smallest absolute Gasteiger partial charge is 0.337 e. The Hall–Kier alpha value is -1.69. The summed E-state index contributed by atoms with van der Waals surface area (Å²) in [5, 5.41) is 12.0. The lowest BCUT2D eigenvalue weighted by molar-refractivity contribution is 0.0696. The number of carboxylic acid groups (broad SMARTS) is 1.